The SMILES string of the molecule is CC12C=CC=CC1N1c3nc4ccccc4nc3N(c3ccccc3)C1C1(C)C2(C)[I-]12c1ccccc1N1c3cc4ccccc4cc3N(c3ccccc3)C12. The number of benzene rings is 6. The van der Waals surface area contributed by atoms with Crippen LogP contribution in [0.5, 0.6) is 0 Å². The van der Waals surface area contributed by atoms with Crippen molar-refractivity contribution in [2.24, 2.45) is 5.41 Å². The van der Waals surface area contributed by atoms with Crippen molar-refractivity contribution in [1.29, 1.82) is 0 Å². The molecule has 1 aliphatic carbocycles. The van der Waals surface area contributed by atoms with Crippen LogP contribution in [0.3, 0.4) is 0 Å². The van der Waals surface area contributed by atoms with Gasteiger partial charge < -0.3 is 0 Å². The molecule has 7 unspecified atom stereocenters. The summed E-state index contributed by atoms with van der Waals surface area (Å²) in [5.74, 6) is 1.95. The Bertz CT molecular complexity index is 2860. The Balaban J connectivity index is 1.15. The van der Waals surface area contributed by atoms with Crippen LogP contribution in [0, 0.1) is 8.99 Å². The Morgan fingerprint density at radius 3 is 1.82 bits per heavy atom. The van der Waals surface area contributed by atoms with Crippen molar-refractivity contribution in [3.8, 4) is 0 Å². The normalized spacial score (nSPS) is 32.1. The molecule has 56 heavy (non-hydrogen) atoms. The van der Waals surface area contributed by atoms with Crippen LogP contribution in [0.25, 0.3) is 21.8 Å². The fourth-order valence-electron chi connectivity index (χ4n) is 12.0. The Morgan fingerprint density at radius 1 is 0.554 bits per heavy atom. The van der Waals surface area contributed by atoms with E-state index < -0.39 is 18.4 Å². The molecular formula is C49H40IN6-. The molecule has 6 nitrogen and oxygen atoms in total. The molecule has 0 radical (unpaired) electrons. The van der Waals surface area contributed by atoms with Gasteiger partial charge in [0.15, 0.2) is 0 Å². The van der Waals surface area contributed by atoms with Crippen molar-refractivity contribution in [2.45, 2.75) is 44.0 Å². The van der Waals surface area contributed by atoms with Crippen LogP contribution >= 0.6 is 0 Å². The zero-order chi connectivity index (χ0) is 37.2. The predicted octanol–water partition coefficient (Wildman–Crippen LogP) is 7.73. The van der Waals surface area contributed by atoms with Gasteiger partial charge in [0.05, 0.1) is 0 Å². The van der Waals surface area contributed by atoms with E-state index in [1.165, 1.54) is 39.2 Å². The van der Waals surface area contributed by atoms with Gasteiger partial charge in [-0.1, -0.05) is 0 Å². The van der Waals surface area contributed by atoms with E-state index >= 15 is 0 Å². The van der Waals surface area contributed by atoms with Gasteiger partial charge in [-0.2, -0.15) is 0 Å². The number of allylic oxidation sites excluding steroid dienone is 2. The molecule has 1 aromatic heterocycles. The number of piperidine rings is 1. The van der Waals surface area contributed by atoms with Crippen molar-refractivity contribution in [3.63, 3.8) is 0 Å². The number of rotatable bonds is 2. The molecule has 6 aliphatic rings. The molecule has 0 saturated carbocycles. The summed E-state index contributed by atoms with van der Waals surface area (Å²) in [4.78, 5) is 22.0. The molecule has 2 saturated heterocycles. The molecule has 1 spiro atoms. The molecule has 0 bridgehead atoms. The van der Waals surface area contributed by atoms with Gasteiger partial charge in [-0.15, -0.1) is 0 Å². The number of nitrogens with zero attached hydrogens (tertiary/aromatic N) is 6. The van der Waals surface area contributed by atoms with Crippen LogP contribution in [0.15, 0.2) is 170 Å². The second kappa shape index (κ2) is 10.4. The monoisotopic (exact) mass is 839 g/mol. The molecule has 7 aromatic rings. The van der Waals surface area contributed by atoms with Gasteiger partial charge in [0.2, 0.25) is 0 Å². The topological polar surface area (TPSA) is 38.7 Å². The first-order chi connectivity index (χ1) is 27.4. The Labute approximate surface area is 330 Å². The number of hydrogen-bond donors (Lipinski definition) is 0. The third-order valence-corrected chi connectivity index (χ3v) is 30.3. The zero-order valence-electron chi connectivity index (χ0n) is 31.5. The van der Waals surface area contributed by atoms with Gasteiger partial charge in [-0.3, -0.25) is 0 Å². The van der Waals surface area contributed by atoms with Crippen LogP contribution in [-0.2, 0) is 0 Å². The van der Waals surface area contributed by atoms with E-state index in [2.05, 4.69) is 210 Å². The number of anilines is 7. The van der Waals surface area contributed by atoms with E-state index in [0.29, 0.717) is 0 Å². The predicted molar refractivity (Wildman–Crippen MR) is 225 cm³/mol. The number of halogens is 1. The second-order valence-corrected chi connectivity index (χ2v) is 26.7. The summed E-state index contributed by atoms with van der Waals surface area (Å²) in [6, 6.07) is 54.1. The molecule has 6 aromatic carbocycles. The third kappa shape index (κ3) is 3.29. The summed E-state index contributed by atoms with van der Waals surface area (Å²) < 4.78 is 1.52. The third-order valence-electron chi connectivity index (χ3n) is 14.5. The van der Waals surface area contributed by atoms with Crippen LogP contribution in [0.1, 0.15) is 20.8 Å². The summed E-state index contributed by atoms with van der Waals surface area (Å²) in [5, 5.41) is 2.55. The molecule has 0 amide bonds. The second-order valence-electron chi connectivity index (χ2n) is 16.5. The van der Waals surface area contributed by atoms with Gasteiger partial charge >= 0.3 is 333 Å². The number of aromatic nitrogens is 2. The summed E-state index contributed by atoms with van der Waals surface area (Å²) in [7, 11) is 0. The molecule has 13 rings (SSSR count). The summed E-state index contributed by atoms with van der Waals surface area (Å²) in [5.41, 5.74) is 8.08. The van der Waals surface area contributed by atoms with E-state index in [9.17, 15) is 0 Å². The average Bonchev–Trinajstić information content (AvgIpc) is 3.58. The van der Waals surface area contributed by atoms with Crippen molar-refractivity contribution in [3.05, 3.63) is 173 Å². The molecule has 0 N–H and O–H groups in total. The van der Waals surface area contributed by atoms with Crippen LogP contribution in [0.4, 0.5) is 40.1 Å². The molecule has 274 valence electrons. The van der Waals surface area contributed by atoms with E-state index in [4.69, 9.17) is 9.97 Å². The van der Waals surface area contributed by atoms with Gasteiger partial charge in [0, 0.05) is 0 Å². The average molecular weight is 840 g/mol. The number of para-hydroxylation sites is 5. The molecular weight excluding hydrogens is 799 g/mol. The van der Waals surface area contributed by atoms with E-state index in [1.54, 1.807) is 3.57 Å². The van der Waals surface area contributed by atoms with Crippen molar-refractivity contribution in [2.75, 3.05) is 19.6 Å². The minimum absolute atomic E-state index is 0.0132. The Hall–Kier alpha value is -5.67. The number of alkyl halides is 3. The van der Waals surface area contributed by atoms with Crippen molar-refractivity contribution < 1.29 is 18.4 Å². The first-order valence-electron chi connectivity index (χ1n) is 19.7. The minimum atomic E-state index is -3.54. The van der Waals surface area contributed by atoms with Gasteiger partial charge in [0.1, 0.15) is 0 Å². The molecule has 5 aliphatic heterocycles. The zero-order valence-corrected chi connectivity index (χ0v) is 33.6. The fourth-order valence-corrected chi connectivity index (χ4v) is 32.4. The van der Waals surface area contributed by atoms with E-state index in [1.807, 2.05) is 0 Å². The van der Waals surface area contributed by atoms with Crippen LogP contribution in [0.2, 0.25) is 0 Å². The molecule has 2 fully saturated rings. The first kappa shape index (κ1) is 31.5. The summed E-state index contributed by atoms with van der Waals surface area (Å²) in [6.45, 7) is 7.99. The Kier molecular flexibility index (Phi) is 5.85. The van der Waals surface area contributed by atoms with Crippen LogP contribution < -0.4 is 38.0 Å². The van der Waals surface area contributed by atoms with Gasteiger partial charge in [0.25, 0.3) is 0 Å². The van der Waals surface area contributed by atoms with Crippen molar-refractivity contribution >= 4 is 61.9 Å². The molecule has 6 heterocycles. The maximum absolute atomic E-state index is 5.56. The standard InChI is InChI=1S/C49H40IN6/c1-47-29-17-16-28-42(47)56-44-43(51-37-25-13-14-26-38(37)52-44)54(35-22-8-5-9-23-35)45(56)48(2)49(47,3)50(48)36-24-12-15-27-39(36)55-41-31-33-19-11-10-18-32(33)30-40(41)53(46(50)55)34-20-6-4-7-21-34/h4-31,42,45-46H,1-3H3/q-1. The van der Waals surface area contributed by atoms with E-state index in [0.717, 1.165) is 22.7 Å². The Morgan fingerprint density at radius 2 is 1.12 bits per heavy atom. The number of fused-ring (bicyclic) bond motifs is 19. The van der Waals surface area contributed by atoms with E-state index in [-0.39, 0.29) is 28.6 Å². The summed E-state index contributed by atoms with van der Waals surface area (Å²) >= 11 is -3.54. The summed E-state index contributed by atoms with van der Waals surface area (Å²) in [6.07, 6.45) is 9.65. The maximum atomic E-state index is 5.56. The van der Waals surface area contributed by atoms with Gasteiger partial charge in [-0.25, -0.2) is 0 Å². The first-order valence-corrected chi connectivity index (χ1v) is 24.2. The van der Waals surface area contributed by atoms with Crippen LogP contribution in [-0.4, -0.2) is 33.2 Å². The van der Waals surface area contributed by atoms with Crippen molar-refractivity contribution in [1.82, 2.24) is 9.97 Å². The number of hydrogen-bond acceptors (Lipinski definition) is 6. The molecule has 7 atom stereocenters. The quantitative estimate of drug-likeness (QED) is 0.101. The molecule has 7 heteroatoms. The fraction of sp³-hybridized carbons (Fsp3) is 0.184. The van der Waals surface area contributed by atoms with Gasteiger partial charge in [-0.05, 0) is 0 Å².